The van der Waals surface area contributed by atoms with Crippen LogP contribution in [0.5, 0.6) is 0 Å². The Morgan fingerprint density at radius 3 is 0.603 bits per heavy atom. The maximum atomic E-state index is 14.0. The Hall–Kier alpha value is -12.2. The Morgan fingerprint density at radius 1 is 0.230 bits per heavy atom. The normalized spacial score (nSPS) is 16.0. The van der Waals surface area contributed by atoms with E-state index in [9.17, 15) is 47.9 Å². The molecule has 2 N–H and O–H groups in total. The number of hydrogen-bond acceptors (Lipinski definition) is 15. The number of hydrogen-bond donors (Lipinski definition) is 1. The number of ether oxygens (including phenoxy) is 2. The summed E-state index contributed by atoms with van der Waals surface area (Å²) in [5.74, 6) is -3.63. The van der Waals surface area contributed by atoms with Crippen molar-refractivity contribution in [2.45, 2.75) is 228 Å². The number of thiocarbonyl (C=S) groups is 2. The van der Waals surface area contributed by atoms with Gasteiger partial charge in [0, 0.05) is 107 Å². The van der Waals surface area contributed by atoms with Gasteiger partial charge in [0.15, 0.2) is 0 Å². The van der Waals surface area contributed by atoms with Gasteiger partial charge in [-0.05, 0) is 224 Å². The maximum absolute atomic E-state index is 14.0. The lowest BCUT2D eigenvalue weighted by Gasteiger charge is -2.36. The summed E-state index contributed by atoms with van der Waals surface area (Å²) in [6.07, 6.45) is 21.6. The quantitative estimate of drug-likeness (QED) is 0.0113. The van der Waals surface area contributed by atoms with Gasteiger partial charge in [0.05, 0.1) is 22.3 Å². The van der Waals surface area contributed by atoms with Crippen LogP contribution >= 0.6 is 24.4 Å². The van der Waals surface area contributed by atoms with Crippen molar-refractivity contribution in [2.24, 2.45) is 5.73 Å². The predicted octanol–water partition coefficient (Wildman–Crippen LogP) is 25.1. The number of carbonyl (C=O) groups is 10. The zero-order valence-corrected chi connectivity index (χ0v) is 74.6. The fraction of sp³-hybridized carbons (Fsp3) is 0.327. The molecule has 0 unspecified atom stereocenters. The third kappa shape index (κ3) is 13.3. The van der Waals surface area contributed by atoms with Gasteiger partial charge in [-0.1, -0.05) is 240 Å². The number of amides is 6. The van der Waals surface area contributed by atoms with Crippen molar-refractivity contribution in [2.75, 3.05) is 0 Å². The molecule has 0 radical (unpaired) electrons. The minimum Gasteiger partial charge on any atom is -0.386 e. The summed E-state index contributed by atoms with van der Waals surface area (Å²) in [6, 6.07) is 46.0. The van der Waals surface area contributed by atoms with Crippen molar-refractivity contribution in [1.82, 2.24) is 19.6 Å². The van der Waals surface area contributed by atoms with E-state index in [1.807, 2.05) is 109 Å². The maximum Gasteiger partial charge on any atom is 0.346 e. The summed E-state index contributed by atoms with van der Waals surface area (Å²) < 4.78 is 9.74. The number of fused-ring (bicyclic) bond motifs is 6. The second-order valence-corrected chi connectivity index (χ2v) is 36.3. The highest BCUT2D eigenvalue weighted by atomic mass is 32.1. The van der Waals surface area contributed by atoms with Crippen LogP contribution in [0.15, 0.2) is 146 Å². The Morgan fingerprint density at radius 2 is 0.397 bits per heavy atom. The molecule has 6 heterocycles. The first-order valence-corrected chi connectivity index (χ1v) is 46.1. The molecule has 0 fully saturated rings. The first-order valence-electron chi connectivity index (χ1n) is 45.3. The monoisotopic (exact) mass is 1710 g/mol. The van der Waals surface area contributed by atoms with Crippen LogP contribution in [0.2, 0.25) is 0 Å². The van der Waals surface area contributed by atoms with Gasteiger partial charge in [0.25, 0.3) is 35.4 Å². The molecule has 0 spiro atoms. The molecule has 0 saturated heterocycles. The van der Waals surface area contributed by atoms with Crippen LogP contribution in [-0.4, -0.2) is 119 Å². The van der Waals surface area contributed by atoms with E-state index in [0.29, 0.717) is 82.1 Å². The van der Waals surface area contributed by atoms with Gasteiger partial charge >= 0.3 is 23.9 Å². The van der Waals surface area contributed by atoms with Crippen LogP contribution in [0, 0.1) is 0 Å². The molecule has 126 heavy (non-hydrogen) atoms. The Balaban J connectivity index is 0.000000124. The number of nitrogens with zero attached hydrogens (tertiary/aromatic N) is 4. The average molecular weight is 1710 g/mol. The highest BCUT2D eigenvalue weighted by molar-refractivity contribution is 7.81. The molecule has 17 nitrogen and oxygen atoms in total. The minimum absolute atomic E-state index is 0.00432. The molecule has 21 rings (SSSR count). The summed E-state index contributed by atoms with van der Waals surface area (Å²) in [4.78, 5) is 141. The Bertz CT molecular complexity index is 6180. The van der Waals surface area contributed by atoms with E-state index >= 15 is 0 Å². The van der Waals surface area contributed by atoms with Crippen molar-refractivity contribution in [3.8, 4) is 0 Å². The van der Waals surface area contributed by atoms with Crippen LogP contribution in [0.1, 0.15) is 312 Å². The molecule has 0 saturated carbocycles. The molecule has 6 aliphatic heterocycles. The van der Waals surface area contributed by atoms with Gasteiger partial charge in [-0.3, -0.25) is 48.4 Å². The number of imide groups is 2. The SMILES string of the molecule is CCCCC[C@H](C)N.CCCCC[C@H](C)N1C(=O)c2ccc3c4ccc5c6c(ccc(c7ccc(c2c37)C1=O)c64)C(=O)N([C@@H](C)CCCCC)C5=O.CCCCC[C@H](C)N1C(=O)c2ccc3c4ccc5c6c(ccc(c7ccc(c2c37)C1=S)c64)C(=O)N([C@@H](C)CCCCC)C5=S.O=C1OC(=O)c2ccc3c4ccc5c6c(ccc(c7ccc1c2c73)c64)C(=O)OC5=O. The highest BCUT2D eigenvalue weighted by Gasteiger charge is 2.43. The fourth-order valence-electron chi connectivity index (χ4n) is 21.2. The topological polar surface area (TPSA) is 228 Å². The second-order valence-electron chi connectivity index (χ2n) is 35.6. The zero-order chi connectivity index (χ0) is 88.4. The number of rotatable bonds is 24. The molecule has 6 aliphatic rings. The van der Waals surface area contributed by atoms with Gasteiger partial charge < -0.3 is 15.2 Å². The fourth-order valence-corrected chi connectivity index (χ4v) is 22.0. The summed E-state index contributed by atoms with van der Waals surface area (Å²) in [5.41, 5.74) is 12.5. The molecular weight excluding hydrogens is 1610 g/mol. The van der Waals surface area contributed by atoms with Crippen LogP contribution in [-0.2, 0) is 9.47 Å². The second kappa shape index (κ2) is 33.6. The number of cyclic esters (lactones) is 4. The van der Waals surface area contributed by atoms with Gasteiger partial charge in [-0.25, -0.2) is 19.2 Å². The predicted molar refractivity (Wildman–Crippen MR) is 511 cm³/mol. The molecule has 5 atom stereocenters. The van der Waals surface area contributed by atoms with E-state index in [-0.39, 0.29) is 59.6 Å². The lowest BCUT2D eigenvalue weighted by atomic mass is 9.82. The first-order chi connectivity index (χ1) is 60.9. The molecule has 15 aromatic rings. The number of benzene rings is 15. The summed E-state index contributed by atoms with van der Waals surface area (Å²) in [6.45, 7) is 21.1. The Labute approximate surface area is 741 Å². The lowest BCUT2D eigenvalue weighted by Crippen LogP contribution is -2.46. The minimum atomic E-state index is -0.666. The molecule has 0 aromatic heterocycles. The summed E-state index contributed by atoms with van der Waals surface area (Å²) in [5, 5.41) is 21.2. The van der Waals surface area contributed by atoms with E-state index in [2.05, 4.69) is 91.8 Å². The lowest BCUT2D eigenvalue weighted by molar-refractivity contribution is 0.0373. The van der Waals surface area contributed by atoms with Crippen molar-refractivity contribution in [3.05, 3.63) is 212 Å². The van der Waals surface area contributed by atoms with Gasteiger partial charge in [-0.15, -0.1) is 0 Å². The summed E-state index contributed by atoms with van der Waals surface area (Å²) >= 11 is 12.1. The van der Waals surface area contributed by atoms with Gasteiger partial charge in [0.2, 0.25) is 0 Å². The van der Waals surface area contributed by atoms with E-state index < -0.39 is 23.9 Å². The van der Waals surface area contributed by atoms with E-state index in [1.165, 1.54) is 35.5 Å². The molecule has 19 heteroatoms. The number of esters is 4. The average Bonchev–Trinajstić information content (AvgIpc) is 0.706. The number of unbranched alkanes of at least 4 members (excludes halogenated alkanes) is 10. The first kappa shape index (κ1) is 84.7. The van der Waals surface area contributed by atoms with Crippen LogP contribution in [0.3, 0.4) is 0 Å². The summed E-state index contributed by atoms with van der Waals surface area (Å²) in [7, 11) is 0. The number of carbonyl (C=O) groups excluding carboxylic acids is 10. The van der Waals surface area contributed by atoms with E-state index in [0.717, 1.165) is 233 Å². The van der Waals surface area contributed by atoms with Crippen molar-refractivity contribution in [3.63, 3.8) is 0 Å². The zero-order valence-electron chi connectivity index (χ0n) is 73.0. The standard InChI is InChI=1S/C38H38N2O4.C38H38N2O2S2.C24H8O6.C7H17N/c1-5-7-9-11-21(3)39-35(41)27-17-13-23-25-15-19-29-34-30(38(44)40(37(29)43)22(4)12-10-8-6-2)20-16-26(32(25)34)24-14-18-28(36(39)42)33(27)31(23)24;1-5-7-9-11-21(3)39-35(41)27-17-13-23-26-16-20-30-34-28(36(42)40(38(30)44)22(4)12-10-8-6-2)18-14-24(32(26)34)25-15-19-29(37(39)43)33(27)31(23)25;25-21-13-5-1-9-10-2-6-15-20-16(24(28)30-23(15)27)8-4-12(18(10)20)11-3-7-14(22(26)29-21)19(13)17(9)11;1-3-4-5-6-7(2)8/h2*13-22H,5-12H2,1-4H3;1-8H;7H,3-6,8H2,1-2H3/t2*21-,22-;;7-/m00.0/s1. The third-order valence-corrected chi connectivity index (χ3v) is 28.3. The molecule has 0 aliphatic carbocycles. The van der Waals surface area contributed by atoms with E-state index in [4.69, 9.17) is 39.6 Å². The third-order valence-electron chi connectivity index (χ3n) is 27.5. The highest BCUT2D eigenvalue weighted by Crippen LogP contribution is 2.52. The van der Waals surface area contributed by atoms with Gasteiger partial charge in [0.1, 0.15) is 9.98 Å². The smallest absolute Gasteiger partial charge is 0.346 e. The van der Waals surface area contributed by atoms with E-state index in [1.54, 1.807) is 24.3 Å². The van der Waals surface area contributed by atoms with Crippen molar-refractivity contribution in [1.29, 1.82) is 0 Å². The van der Waals surface area contributed by atoms with Crippen LogP contribution in [0.25, 0.3) is 129 Å². The molecular formula is C107H101N5O12S2. The molecule has 0 bridgehead atoms. The van der Waals surface area contributed by atoms with Crippen LogP contribution in [0.4, 0.5) is 0 Å². The number of nitrogens with two attached hydrogens (primary N) is 1. The molecule has 638 valence electrons. The largest absolute Gasteiger partial charge is 0.386 e. The van der Waals surface area contributed by atoms with Crippen LogP contribution < -0.4 is 5.73 Å². The Kier molecular flexibility index (Phi) is 22.6. The van der Waals surface area contributed by atoms with Crippen molar-refractivity contribution >= 4 is 223 Å². The molecule has 15 aromatic carbocycles. The molecule has 6 amide bonds. The van der Waals surface area contributed by atoms with Gasteiger partial charge in [-0.2, -0.15) is 0 Å². The van der Waals surface area contributed by atoms with Crippen molar-refractivity contribution < 1.29 is 57.4 Å².